The van der Waals surface area contributed by atoms with Gasteiger partial charge < -0.3 is 8.83 Å². The van der Waals surface area contributed by atoms with Gasteiger partial charge in [0.25, 0.3) is 5.22 Å². The van der Waals surface area contributed by atoms with E-state index in [2.05, 4.69) is 10.2 Å². The Kier molecular flexibility index (Phi) is 4.72. The molecule has 5 nitrogen and oxygen atoms in total. The maximum atomic E-state index is 13.0. The van der Waals surface area contributed by atoms with Crippen molar-refractivity contribution in [3.63, 3.8) is 0 Å². The number of fused-ring (bicyclic) bond motifs is 1. The molecule has 0 aliphatic rings. The lowest BCUT2D eigenvalue weighted by Gasteiger charge is -2.06. The Morgan fingerprint density at radius 3 is 2.67 bits per heavy atom. The first kappa shape index (κ1) is 17.8. The minimum atomic E-state index is -0.433. The van der Waals surface area contributed by atoms with E-state index >= 15 is 0 Å². The molecule has 4 aromatic rings. The molecular weight excluding hydrogens is 391 g/mol. The van der Waals surface area contributed by atoms with Crippen molar-refractivity contribution in [2.75, 3.05) is 0 Å². The molecule has 0 aliphatic carbocycles. The molecule has 136 valence electrons. The number of rotatable bonds is 4. The van der Waals surface area contributed by atoms with E-state index in [-0.39, 0.29) is 5.82 Å². The van der Waals surface area contributed by atoms with Gasteiger partial charge in [0.1, 0.15) is 11.4 Å². The molecule has 0 unspecified atom stereocenters. The molecule has 8 heteroatoms. The molecule has 0 amide bonds. The smallest absolute Gasteiger partial charge is 0.336 e. The van der Waals surface area contributed by atoms with Crippen LogP contribution in [0.3, 0.4) is 0 Å². The molecule has 4 rings (SSSR count). The van der Waals surface area contributed by atoms with E-state index in [9.17, 15) is 9.18 Å². The van der Waals surface area contributed by atoms with Crippen molar-refractivity contribution in [2.45, 2.75) is 17.9 Å². The molecule has 0 saturated carbocycles. The number of aryl methyl sites for hydroxylation is 1. The molecule has 27 heavy (non-hydrogen) atoms. The summed E-state index contributed by atoms with van der Waals surface area (Å²) in [6.07, 6.45) is 0. The monoisotopic (exact) mass is 402 g/mol. The second-order valence-corrected chi connectivity index (χ2v) is 7.19. The van der Waals surface area contributed by atoms with E-state index in [1.807, 2.05) is 6.92 Å². The van der Waals surface area contributed by atoms with E-state index in [1.165, 1.54) is 30.0 Å². The zero-order chi connectivity index (χ0) is 19.0. The highest BCUT2D eigenvalue weighted by atomic mass is 35.5. The van der Waals surface area contributed by atoms with Crippen molar-refractivity contribution in [3.8, 4) is 11.5 Å². The molecule has 2 aromatic heterocycles. The standard InChI is InChI=1S/C19H12ClFN2O3S/c1-10-6-16-14(8-15(10)20)12(7-17(24)25-16)9-27-19-23-22-18(26-19)11-2-4-13(21)5-3-11/h2-8H,9H2,1H3. The second-order valence-electron chi connectivity index (χ2n) is 5.86. The lowest BCUT2D eigenvalue weighted by atomic mass is 10.1. The third-order valence-corrected chi connectivity index (χ3v) is 5.23. The fraction of sp³-hybridized carbons (Fsp3) is 0.105. The average molecular weight is 403 g/mol. The molecule has 0 aliphatic heterocycles. The summed E-state index contributed by atoms with van der Waals surface area (Å²) in [5.41, 5.74) is 2.27. The SMILES string of the molecule is Cc1cc2oc(=O)cc(CSc3nnc(-c4ccc(F)cc4)o3)c2cc1Cl. The highest BCUT2D eigenvalue weighted by molar-refractivity contribution is 7.98. The van der Waals surface area contributed by atoms with Crippen LogP contribution in [0.2, 0.25) is 5.02 Å². The molecule has 0 radical (unpaired) electrons. The number of benzene rings is 2. The van der Waals surface area contributed by atoms with Gasteiger partial charge in [0.15, 0.2) is 0 Å². The van der Waals surface area contributed by atoms with Gasteiger partial charge in [0, 0.05) is 27.8 Å². The van der Waals surface area contributed by atoms with Crippen LogP contribution in [0.25, 0.3) is 22.4 Å². The zero-order valence-corrected chi connectivity index (χ0v) is 15.6. The van der Waals surface area contributed by atoms with Crippen LogP contribution < -0.4 is 5.63 Å². The number of thioether (sulfide) groups is 1. The Hall–Kier alpha value is -2.64. The van der Waals surface area contributed by atoms with Crippen LogP contribution in [-0.2, 0) is 5.75 Å². The second kappa shape index (κ2) is 7.17. The van der Waals surface area contributed by atoms with Gasteiger partial charge in [-0.05, 0) is 54.4 Å². The van der Waals surface area contributed by atoms with Crippen molar-refractivity contribution in [2.24, 2.45) is 0 Å². The van der Waals surface area contributed by atoms with Crippen molar-refractivity contribution < 1.29 is 13.2 Å². The first-order valence-electron chi connectivity index (χ1n) is 7.95. The highest BCUT2D eigenvalue weighted by Gasteiger charge is 2.13. The topological polar surface area (TPSA) is 69.1 Å². The van der Waals surface area contributed by atoms with E-state index in [0.717, 1.165) is 16.5 Å². The Morgan fingerprint density at radius 1 is 1.11 bits per heavy atom. The lowest BCUT2D eigenvalue weighted by Crippen LogP contribution is -2.00. The summed E-state index contributed by atoms with van der Waals surface area (Å²) in [5.74, 6) is 0.386. The molecular formula is C19H12ClFN2O3S. The summed E-state index contributed by atoms with van der Waals surface area (Å²) in [6, 6.07) is 10.7. The van der Waals surface area contributed by atoms with E-state index < -0.39 is 5.63 Å². The number of hydrogen-bond donors (Lipinski definition) is 0. The lowest BCUT2D eigenvalue weighted by molar-refractivity contribution is 0.465. The predicted octanol–water partition coefficient (Wildman–Crippen LogP) is 5.24. The molecule has 0 spiro atoms. The minimum absolute atomic E-state index is 0.300. The van der Waals surface area contributed by atoms with Crippen molar-refractivity contribution in [1.82, 2.24) is 10.2 Å². The fourth-order valence-corrected chi connectivity index (χ4v) is 3.50. The summed E-state index contributed by atoms with van der Waals surface area (Å²) in [4.78, 5) is 11.8. The maximum absolute atomic E-state index is 13.0. The molecule has 0 N–H and O–H groups in total. The summed E-state index contributed by atoms with van der Waals surface area (Å²) in [5, 5.41) is 9.66. The molecule has 0 fully saturated rings. The third-order valence-electron chi connectivity index (χ3n) is 3.96. The minimum Gasteiger partial charge on any atom is -0.423 e. The van der Waals surface area contributed by atoms with Crippen LogP contribution in [0.5, 0.6) is 0 Å². The molecule has 0 bridgehead atoms. The van der Waals surface area contributed by atoms with Crippen molar-refractivity contribution in [3.05, 3.63) is 74.9 Å². The Morgan fingerprint density at radius 2 is 1.89 bits per heavy atom. The van der Waals surface area contributed by atoms with Gasteiger partial charge in [-0.25, -0.2) is 9.18 Å². The van der Waals surface area contributed by atoms with Gasteiger partial charge in [-0.2, -0.15) is 0 Å². The van der Waals surface area contributed by atoms with Crippen molar-refractivity contribution >= 4 is 34.3 Å². The summed E-state index contributed by atoms with van der Waals surface area (Å²) >= 11 is 7.49. The highest BCUT2D eigenvalue weighted by Crippen LogP contribution is 2.30. The van der Waals surface area contributed by atoms with Gasteiger partial charge in [0.2, 0.25) is 5.89 Å². The number of hydrogen-bond acceptors (Lipinski definition) is 6. The van der Waals surface area contributed by atoms with Gasteiger partial charge in [-0.1, -0.05) is 23.4 Å². The zero-order valence-electron chi connectivity index (χ0n) is 14.0. The normalized spacial score (nSPS) is 11.2. The summed E-state index contributed by atoms with van der Waals surface area (Å²) in [7, 11) is 0. The first-order chi connectivity index (χ1) is 13.0. The van der Waals surface area contributed by atoms with E-state index in [4.69, 9.17) is 20.4 Å². The number of halogens is 2. The van der Waals surface area contributed by atoms with Gasteiger partial charge in [-0.3, -0.25) is 0 Å². The maximum Gasteiger partial charge on any atom is 0.336 e. The first-order valence-corrected chi connectivity index (χ1v) is 9.31. The molecule has 0 atom stereocenters. The third kappa shape index (κ3) is 3.74. The number of aromatic nitrogens is 2. The van der Waals surface area contributed by atoms with Crippen LogP contribution in [0.1, 0.15) is 11.1 Å². The Labute approximate surface area is 162 Å². The fourth-order valence-electron chi connectivity index (χ4n) is 2.58. The molecule has 2 aromatic carbocycles. The largest absolute Gasteiger partial charge is 0.423 e. The molecule has 0 saturated heterocycles. The average Bonchev–Trinajstić information content (AvgIpc) is 3.11. The van der Waals surface area contributed by atoms with Crippen LogP contribution in [0.4, 0.5) is 4.39 Å². The summed E-state index contributed by atoms with van der Waals surface area (Å²) < 4.78 is 23.9. The summed E-state index contributed by atoms with van der Waals surface area (Å²) in [6.45, 7) is 1.85. The number of nitrogens with zero attached hydrogens (tertiary/aromatic N) is 2. The van der Waals surface area contributed by atoms with E-state index in [1.54, 1.807) is 24.3 Å². The van der Waals surface area contributed by atoms with Crippen LogP contribution >= 0.6 is 23.4 Å². The van der Waals surface area contributed by atoms with Crippen molar-refractivity contribution in [1.29, 1.82) is 0 Å². The van der Waals surface area contributed by atoms with Crippen LogP contribution in [-0.4, -0.2) is 10.2 Å². The van der Waals surface area contributed by atoms with Gasteiger partial charge in [0.05, 0.1) is 0 Å². The van der Waals surface area contributed by atoms with Gasteiger partial charge in [-0.15, -0.1) is 10.2 Å². The van der Waals surface area contributed by atoms with Gasteiger partial charge >= 0.3 is 5.63 Å². The Balaban J connectivity index is 1.60. The quantitative estimate of drug-likeness (QED) is 0.343. The van der Waals surface area contributed by atoms with Crippen LogP contribution in [0.15, 0.2) is 61.3 Å². The van der Waals surface area contributed by atoms with Crippen LogP contribution in [0, 0.1) is 12.7 Å². The predicted molar refractivity (Wildman–Crippen MR) is 101 cm³/mol. The Bertz CT molecular complexity index is 1190. The molecule has 2 heterocycles. The van der Waals surface area contributed by atoms with E-state index in [0.29, 0.717) is 33.0 Å².